The zero-order chi connectivity index (χ0) is 23.3. The quantitative estimate of drug-likeness (QED) is 0.590. The Balaban J connectivity index is 0.000000423. The van der Waals surface area contributed by atoms with Gasteiger partial charge in [-0.2, -0.15) is 13.2 Å². The largest absolute Gasteiger partial charge is 0.465 e. The molecule has 2 amide bonds. The molecular weight excluding hydrogens is 440 g/mol. The van der Waals surface area contributed by atoms with Crippen LogP contribution in [0.4, 0.5) is 28.2 Å². The molecule has 1 aliphatic rings. The molecule has 1 aliphatic heterocycles. The van der Waals surface area contributed by atoms with Crippen molar-refractivity contribution in [3.05, 3.63) is 22.6 Å². The van der Waals surface area contributed by atoms with Crippen LogP contribution in [0.5, 0.6) is 0 Å². The molecule has 172 valence electrons. The van der Waals surface area contributed by atoms with Gasteiger partial charge < -0.3 is 20.6 Å². The maximum absolute atomic E-state index is 13.6. The number of halogens is 4. The van der Waals surface area contributed by atoms with E-state index in [9.17, 15) is 27.2 Å². The number of hydrogen-bond donors (Lipinski definition) is 3. The molecule has 2 aromatic rings. The smallest absolute Gasteiger partial charge is 0.417 e. The molecule has 0 radical (unpaired) electrons. The number of carboxylic acid groups (broad SMARTS) is 1. The maximum atomic E-state index is 13.6. The SMILES string of the molecule is CC(C)NC(=O)O.CNC(=O)c1csc2c(C(F)(F)F)cc(N3CCCC(F)C3)nc12. The first-order valence-corrected chi connectivity index (χ1v) is 10.4. The van der Waals surface area contributed by atoms with Gasteiger partial charge in [0.1, 0.15) is 12.0 Å². The van der Waals surface area contributed by atoms with E-state index in [4.69, 9.17) is 5.11 Å². The molecule has 1 saturated heterocycles. The van der Waals surface area contributed by atoms with Crippen molar-refractivity contribution < 1.29 is 32.3 Å². The van der Waals surface area contributed by atoms with E-state index in [0.29, 0.717) is 19.4 Å². The number of rotatable bonds is 3. The minimum atomic E-state index is -4.58. The fourth-order valence-corrected chi connectivity index (χ4v) is 4.07. The molecule has 1 atom stereocenters. The Hall–Kier alpha value is -2.63. The van der Waals surface area contributed by atoms with E-state index in [2.05, 4.69) is 15.6 Å². The lowest BCUT2D eigenvalue weighted by molar-refractivity contribution is -0.136. The van der Waals surface area contributed by atoms with Crippen molar-refractivity contribution in [3.8, 4) is 0 Å². The Morgan fingerprint density at radius 3 is 2.52 bits per heavy atom. The van der Waals surface area contributed by atoms with Crippen LogP contribution in [0.3, 0.4) is 0 Å². The zero-order valence-electron chi connectivity index (χ0n) is 17.2. The second-order valence-corrected chi connectivity index (χ2v) is 8.10. The molecule has 0 bridgehead atoms. The number of anilines is 1. The normalized spacial score (nSPS) is 16.6. The molecule has 0 aliphatic carbocycles. The fraction of sp³-hybridized carbons (Fsp3) is 0.526. The number of piperidine rings is 1. The third kappa shape index (κ3) is 6.42. The summed E-state index contributed by atoms with van der Waals surface area (Å²) in [4.78, 5) is 27.3. The van der Waals surface area contributed by atoms with Gasteiger partial charge >= 0.3 is 12.3 Å². The summed E-state index contributed by atoms with van der Waals surface area (Å²) in [6.07, 6.45) is -5.69. The number of fused-ring (bicyclic) bond motifs is 1. The second kappa shape index (κ2) is 10.1. The third-order valence-corrected chi connectivity index (χ3v) is 5.39. The standard InChI is InChI=1S/C15H15F4N3OS.C4H9NO2/c1-20-14(23)9-7-24-13-10(15(17,18)19)5-11(21-12(9)13)22-4-2-3-8(16)6-22;1-3(2)5-4(6)7/h5,7-8H,2-4,6H2,1H3,(H,20,23);3,5H,1-2H3,(H,6,7). The molecular formula is C19H24F4N4O3S. The summed E-state index contributed by atoms with van der Waals surface area (Å²) < 4.78 is 53.8. The number of pyridine rings is 1. The molecule has 31 heavy (non-hydrogen) atoms. The molecule has 7 nitrogen and oxygen atoms in total. The predicted octanol–water partition coefficient (Wildman–Crippen LogP) is 4.28. The van der Waals surface area contributed by atoms with Crippen molar-refractivity contribution in [1.82, 2.24) is 15.6 Å². The van der Waals surface area contributed by atoms with Crippen molar-refractivity contribution in [2.24, 2.45) is 0 Å². The number of hydrogen-bond acceptors (Lipinski definition) is 5. The lowest BCUT2D eigenvalue weighted by Gasteiger charge is -2.30. The van der Waals surface area contributed by atoms with Crippen molar-refractivity contribution >= 4 is 39.4 Å². The fourth-order valence-electron chi connectivity index (χ4n) is 3.04. The number of aromatic nitrogens is 1. The minimum absolute atomic E-state index is 0.00477. The zero-order valence-corrected chi connectivity index (χ0v) is 18.0. The molecule has 0 saturated carbocycles. The lowest BCUT2D eigenvalue weighted by atomic mass is 10.1. The van der Waals surface area contributed by atoms with E-state index in [1.165, 1.54) is 17.3 Å². The van der Waals surface area contributed by atoms with Gasteiger partial charge in [-0.3, -0.25) is 4.79 Å². The molecule has 1 fully saturated rings. The number of carbonyl (C=O) groups is 2. The Labute approximate surface area is 180 Å². The summed E-state index contributed by atoms with van der Waals surface area (Å²) in [7, 11) is 1.40. The van der Waals surface area contributed by atoms with Gasteiger partial charge in [-0.1, -0.05) is 0 Å². The number of nitrogens with zero attached hydrogens (tertiary/aromatic N) is 2. The summed E-state index contributed by atoms with van der Waals surface area (Å²) in [5.74, 6) is -0.443. The van der Waals surface area contributed by atoms with Crippen molar-refractivity contribution in [2.75, 3.05) is 25.0 Å². The van der Waals surface area contributed by atoms with Crippen molar-refractivity contribution in [3.63, 3.8) is 0 Å². The van der Waals surface area contributed by atoms with Gasteiger partial charge in [-0.05, 0) is 32.8 Å². The van der Waals surface area contributed by atoms with E-state index in [-0.39, 0.29) is 34.2 Å². The van der Waals surface area contributed by atoms with Gasteiger partial charge in [-0.15, -0.1) is 11.3 Å². The van der Waals surface area contributed by atoms with Gasteiger partial charge in [-0.25, -0.2) is 14.2 Å². The van der Waals surface area contributed by atoms with Gasteiger partial charge in [0, 0.05) is 25.0 Å². The average Bonchev–Trinajstić information content (AvgIpc) is 3.09. The number of alkyl halides is 4. The predicted molar refractivity (Wildman–Crippen MR) is 111 cm³/mol. The number of amides is 2. The highest BCUT2D eigenvalue weighted by atomic mass is 32.1. The van der Waals surface area contributed by atoms with Gasteiger partial charge in [0.2, 0.25) is 0 Å². The Morgan fingerprint density at radius 2 is 2.03 bits per heavy atom. The first kappa shape index (κ1) is 24.6. The maximum Gasteiger partial charge on any atom is 0.417 e. The average molecular weight is 464 g/mol. The van der Waals surface area contributed by atoms with E-state index < -0.39 is 29.9 Å². The van der Waals surface area contributed by atoms with E-state index >= 15 is 0 Å². The van der Waals surface area contributed by atoms with Crippen LogP contribution in [0.25, 0.3) is 10.2 Å². The first-order chi connectivity index (χ1) is 14.4. The van der Waals surface area contributed by atoms with Gasteiger partial charge in [0.25, 0.3) is 5.91 Å². The minimum Gasteiger partial charge on any atom is -0.465 e. The Kier molecular flexibility index (Phi) is 8.04. The van der Waals surface area contributed by atoms with Crippen LogP contribution in [-0.4, -0.2) is 54.4 Å². The topological polar surface area (TPSA) is 94.6 Å². The van der Waals surface area contributed by atoms with E-state index in [1.807, 2.05) is 0 Å². The van der Waals surface area contributed by atoms with E-state index in [1.54, 1.807) is 13.8 Å². The summed E-state index contributed by atoms with van der Waals surface area (Å²) in [5.41, 5.74) is -0.743. The molecule has 1 unspecified atom stereocenters. The number of carbonyl (C=O) groups excluding carboxylic acids is 1. The monoisotopic (exact) mass is 464 g/mol. The van der Waals surface area contributed by atoms with Crippen molar-refractivity contribution in [2.45, 2.75) is 45.1 Å². The summed E-state index contributed by atoms with van der Waals surface area (Å²) in [6.45, 7) is 3.99. The van der Waals surface area contributed by atoms with Crippen molar-refractivity contribution in [1.29, 1.82) is 0 Å². The summed E-state index contributed by atoms with van der Waals surface area (Å²) in [6, 6.07) is 0.974. The molecule has 12 heteroatoms. The summed E-state index contributed by atoms with van der Waals surface area (Å²) in [5, 5.41) is 14.0. The van der Waals surface area contributed by atoms with E-state index in [0.717, 1.165) is 17.4 Å². The third-order valence-electron chi connectivity index (χ3n) is 4.39. The molecule has 0 spiro atoms. The Bertz CT molecular complexity index is 933. The van der Waals surface area contributed by atoms with Crippen LogP contribution in [0.2, 0.25) is 0 Å². The second-order valence-electron chi connectivity index (χ2n) is 7.22. The molecule has 0 aromatic carbocycles. The highest BCUT2D eigenvalue weighted by Gasteiger charge is 2.36. The molecule has 3 heterocycles. The van der Waals surface area contributed by atoms with Crippen LogP contribution in [0.15, 0.2) is 11.4 Å². The van der Waals surface area contributed by atoms with Gasteiger partial charge in [0.05, 0.1) is 27.9 Å². The number of nitrogens with one attached hydrogen (secondary N) is 2. The first-order valence-electron chi connectivity index (χ1n) is 9.54. The Morgan fingerprint density at radius 1 is 1.35 bits per heavy atom. The number of thiophene rings is 1. The van der Waals surface area contributed by atoms with Crippen LogP contribution < -0.4 is 15.5 Å². The lowest BCUT2D eigenvalue weighted by Crippen LogP contribution is -2.37. The highest BCUT2D eigenvalue weighted by molar-refractivity contribution is 7.17. The molecule has 3 rings (SSSR count). The van der Waals surface area contributed by atoms with Crippen LogP contribution in [-0.2, 0) is 6.18 Å². The van der Waals surface area contributed by atoms with Gasteiger partial charge in [0.15, 0.2) is 0 Å². The van der Waals surface area contributed by atoms with Crippen LogP contribution in [0, 0.1) is 0 Å². The highest BCUT2D eigenvalue weighted by Crippen LogP contribution is 2.40. The molecule has 3 N–H and O–H groups in total. The molecule has 2 aromatic heterocycles. The summed E-state index contributed by atoms with van der Waals surface area (Å²) >= 11 is 0.831. The van der Waals surface area contributed by atoms with Crippen LogP contribution in [0.1, 0.15) is 42.6 Å². The van der Waals surface area contributed by atoms with Crippen LogP contribution >= 0.6 is 11.3 Å².